The van der Waals surface area contributed by atoms with E-state index in [1.54, 1.807) is 0 Å². The molecule has 0 saturated carbocycles. The number of hydrogen-bond acceptors (Lipinski definition) is 5. The second kappa shape index (κ2) is 16.7. The van der Waals surface area contributed by atoms with Crippen LogP contribution in [0.3, 0.4) is 0 Å². The Kier molecular flexibility index (Phi) is 13.4. The van der Waals surface area contributed by atoms with Gasteiger partial charge in [-0.25, -0.2) is 11.4 Å². The zero-order valence-corrected chi connectivity index (χ0v) is 25.5. The molecule has 1 amide bonds. The Bertz CT molecular complexity index is 1050. The van der Waals surface area contributed by atoms with Crippen molar-refractivity contribution in [3.8, 4) is 11.1 Å². The summed E-state index contributed by atoms with van der Waals surface area (Å²) < 4.78 is 24.0. The van der Waals surface area contributed by atoms with E-state index in [0.717, 1.165) is 6.42 Å². The number of carbonyl (C=O) groups excluding carboxylic acids is 1. The highest BCUT2D eigenvalue weighted by atomic mass is 31.2. The molecule has 3 rings (SSSR count). The molecule has 7 nitrogen and oxygen atoms in total. The van der Waals surface area contributed by atoms with Gasteiger partial charge in [0.25, 0.3) is 0 Å². The molecule has 1 aliphatic carbocycles. The van der Waals surface area contributed by atoms with Crippen LogP contribution in [0.4, 0.5) is 4.79 Å². The second-order valence-electron chi connectivity index (χ2n) is 10.8. The summed E-state index contributed by atoms with van der Waals surface area (Å²) in [7, 11) is -1.13. The van der Waals surface area contributed by atoms with E-state index >= 15 is 0 Å². The molecule has 8 heteroatoms. The van der Waals surface area contributed by atoms with E-state index in [1.807, 2.05) is 24.3 Å². The topological polar surface area (TPSA) is 70.4 Å². The fourth-order valence-corrected chi connectivity index (χ4v) is 7.33. The summed E-state index contributed by atoms with van der Waals surface area (Å²) in [5, 5.41) is 2.84. The number of carbonyl (C=O) groups is 1. The van der Waals surface area contributed by atoms with Gasteiger partial charge in [0.1, 0.15) is 13.2 Å². The number of ether oxygens (including phenoxy) is 2. The van der Waals surface area contributed by atoms with Crippen molar-refractivity contribution in [2.75, 3.05) is 39.5 Å². The van der Waals surface area contributed by atoms with E-state index < -0.39 is 14.5 Å². The van der Waals surface area contributed by atoms with E-state index in [4.69, 9.17) is 25.1 Å². The fraction of sp³-hybridized carbons (Fsp3) is 0.562. The molecule has 0 saturated heterocycles. The van der Waals surface area contributed by atoms with Crippen LogP contribution in [0.1, 0.15) is 64.5 Å². The molecule has 2 aromatic carbocycles. The minimum atomic E-state index is -1.13. The number of alkyl carbamates (subject to hydrolysis) is 1. The molecule has 40 heavy (non-hydrogen) atoms. The van der Waals surface area contributed by atoms with E-state index in [9.17, 15) is 4.79 Å². The van der Waals surface area contributed by atoms with Gasteiger partial charge in [-0.3, -0.25) is 0 Å². The highest BCUT2D eigenvalue weighted by Crippen LogP contribution is 2.51. The highest BCUT2D eigenvalue weighted by molar-refractivity contribution is 7.48. The normalized spacial score (nSPS) is 14.2. The maximum absolute atomic E-state index is 12.4. The summed E-state index contributed by atoms with van der Waals surface area (Å²) in [5.41, 5.74) is 5.11. The molecule has 0 aromatic heterocycles. The van der Waals surface area contributed by atoms with Gasteiger partial charge in [0, 0.05) is 24.7 Å². The Hall–Kier alpha value is -2.49. The van der Waals surface area contributed by atoms with Gasteiger partial charge in [-0.1, -0.05) is 83.1 Å². The van der Waals surface area contributed by atoms with Crippen molar-refractivity contribution < 1.29 is 23.3 Å². The standard InChI is InChI=1S/C32H45N2O5P/c1-7-25(39-40(38-20-18-33-6)31(23(2)3)24(4)5)21-36-19-12-17-34-32(35)37-22-30-28-15-10-8-13-26(28)27-14-9-11-16-29(27)30/h8-11,13-16,23-25,30-31H,7,12,17-22H2,1-5H3,(H,34,35). The van der Waals surface area contributed by atoms with Crippen molar-refractivity contribution in [2.24, 2.45) is 11.8 Å². The summed E-state index contributed by atoms with van der Waals surface area (Å²) in [4.78, 5) is 15.8. The van der Waals surface area contributed by atoms with E-state index in [-0.39, 0.29) is 17.7 Å². The Morgan fingerprint density at radius 1 is 1.00 bits per heavy atom. The third-order valence-electron chi connectivity index (χ3n) is 7.12. The van der Waals surface area contributed by atoms with Crippen LogP contribution < -0.4 is 5.32 Å². The molecule has 1 aliphatic rings. The third-order valence-corrected chi connectivity index (χ3v) is 9.74. The Morgan fingerprint density at radius 2 is 1.62 bits per heavy atom. The molecule has 0 heterocycles. The van der Waals surface area contributed by atoms with Gasteiger partial charge < -0.3 is 28.7 Å². The van der Waals surface area contributed by atoms with Crippen LogP contribution in [0.2, 0.25) is 0 Å². The molecular weight excluding hydrogens is 523 g/mol. The lowest BCUT2D eigenvalue weighted by Gasteiger charge is -2.33. The number of nitrogens with one attached hydrogen (secondary N) is 1. The predicted molar refractivity (Wildman–Crippen MR) is 161 cm³/mol. The van der Waals surface area contributed by atoms with E-state index in [1.165, 1.54) is 22.3 Å². The molecule has 2 unspecified atom stereocenters. The average Bonchev–Trinajstić information content (AvgIpc) is 3.26. The molecule has 2 atom stereocenters. The summed E-state index contributed by atoms with van der Waals surface area (Å²) in [5.74, 6) is 0.886. The largest absolute Gasteiger partial charge is 0.449 e. The van der Waals surface area contributed by atoms with Gasteiger partial charge in [-0.05, 0) is 46.9 Å². The molecule has 2 aromatic rings. The van der Waals surface area contributed by atoms with Gasteiger partial charge >= 0.3 is 6.09 Å². The Labute approximate surface area is 241 Å². The van der Waals surface area contributed by atoms with Crippen molar-refractivity contribution in [2.45, 2.75) is 65.1 Å². The van der Waals surface area contributed by atoms with Crippen molar-refractivity contribution in [1.29, 1.82) is 0 Å². The van der Waals surface area contributed by atoms with Gasteiger partial charge in [0.05, 0.1) is 12.7 Å². The van der Waals surface area contributed by atoms with Crippen LogP contribution in [0.5, 0.6) is 0 Å². The summed E-state index contributed by atoms with van der Waals surface area (Å²) in [6.45, 7) is 20.4. The van der Waals surface area contributed by atoms with Crippen LogP contribution >= 0.6 is 8.38 Å². The maximum Gasteiger partial charge on any atom is 0.407 e. The van der Waals surface area contributed by atoms with Crippen LogP contribution in [-0.4, -0.2) is 57.4 Å². The van der Waals surface area contributed by atoms with Crippen LogP contribution in [0, 0.1) is 18.4 Å². The van der Waals surface area contributed by atoms with Gasteiger partial charge in [0.15, 0.2) is 8.38 Å². The first kappa shape index (κ1) is 32.0. The molecule has 1 N–H and O–H groups in total. The average molecular weight is 569 g/mol. The third kappa shape index (κ3) is 9.01. The summed E-state index contributed by atoms with van der Waals surface area (Å²) in [6.07, 6.45) is 1.00. The molecule has 0 bridgehead atoms. The van der Waals surface area contributed by atoms with Gasteiger partial charge in [-0.2, -0.15) is 0 Å². The zero-order valence-electron chi connectivity index (χ0n) is 24.6. The number of rotatable bonds is 17. The first-order valence-electron chi connectivity index (χ1n) is 14.5. The lowest BCUT2D eigenvalue weighted by Crippen LogP contribution is -2.28. The van der Waals surface area contributed by atoms with Crippen LogP contribution in [0.25, 0.3) is 16.0 Å². The van der Waals surface area contributed by atoms with Crippen LogP contribution in [-0.2, 0) is 18.5 Å². The number of hydrogen-bond donors (Lipinski definition) is 1. The number of nitrogens with zero attached hydrogens (tertiary/aromatic N) is 1. The van der Waals surface area contributed by atoms with Gasteiger partial charge in [-0.15, -0.1) is 0 Å². The van der Waals surface area contributed by atoms with E-state index in [0.29, 0.717) is 57.8 Å². The van der Waals surface area contributed by atoms with Crippen molar-refractivity contribution in [3.05, 3.63) is 71.1 Å². The number of fused-ring (bicyclic) bond motifs is 3. The fourth-order valence-electron chi connectivity index (χ4n) is 5.22. The van der Waals surface area contributed by atoms with Crippen molar-refractivity contribution in [1.82, 2.24) is 5.32 Å². The highest BCUT2D eigenvalue weighted by Gasteiger charge is 2.32. The first-order valence-corrected chi connectivity index (χ1v) is 15.7. The maximum atomic E-state index is 12.4. The quantitative estimate of drug-likeness (QED) is 0.121. The van der Waals surface area contributed by atoms with Crippen molar-refractivity contribution in [3.63, 3.8) is 0 Å². The zero-order chi connectivity index (χ0) is 28.9. The molecule has 0 fully saturated rings. The lowest BCUT2D eigenvalue weighted by atomic mass is 9.98. The Balaban J connectivity index is 1.38. The summed E-state index contributed by atoms with van der Waals surface area (Å²) >= 11 is 0. The summed E-state index contributed by atoms with van der Waals surface area (Å²) in [6, 6.07) is 16.6. The molecule has 0 spiro atoms. The van der Waals surface area contributed by atoms with E-state index in [2.05, 4.69) is 69.0 Å². The lowest BCUT2D eigenvalue weighted by molar-refractivity contribution is 0.0429. The minimum absolute atomic E-state index is 0.0503. The van der Waals surface area contributed by atoms with Crippen LogP contribution in [0.15, 0.2) is 48.5 Å². The molecular formula is C32H45N2O5P. The van der Waals surface area contributed by atoms with Gasteiger partial charge in [0.2, 0.25) is 6.54 Å². The first-order chi connectivity index (χ1) is 19.4. The Morgan fingerprint density at radius 3 is 2.20 bits per heavy atom. The SMILES string of the molecule is [C-]#[N+]CCOP(OC(CC)COCCCNC(=O)OCC1c2ccccc2-c2ccccc21)C(C(C)C)C(C)C. The second-order valence-corrected chi connectivity index (χ2v) is 12.4. The predicted octanol–water partition coefficient (Wildman–Crippen LogP) is 7.66. The van der Waals surface area contributed by atoms with Crippen molar-refractivity contribution >= 4 is 14.5 Å². The molecule has 0 aliphatic heterocycles. The minimum Gasteiger partial charge on any atom is -0.449 e. The molecule has 218 valence electrons. The molecule has 0 radical (unpaired) electrons. The number of amides is 1. The number of benzene rings is 2. The smallest absolute Gasteiger partial charge is 0.407 e. The monoisotopic (exact) mass is 568 g/mol.